The summed E-state index contributed by atoms with van der Waals surface area (Å²) in [6.07, 6.45) is 4.41. The van der Waals surface area contributed by atoms with E-state index in [0.29, 0.717) is 0 Å². The third-order valence-electron chi connectivity index (χ3n) is 3.47. The van der Waals surface area contributed by atoms with Crippen LogP contribution in [0.15, 0.2) is 42.7 Å². The first-order valence-corrected chi connectivity index (χ1v) is 6.96. The molecule has 3 aromatic rings. The molecule has 0 bridgehead atoms. The van der Waals surface area contributed by atoms with Gasteiger partial charge >= 0.3 is 0 Å². The minimum atomic E-state index is 0.0121. The largest absolute Gasteiger partial charge is 0.367 e. The van der Waals surface area contributed by atoms with E-state index in [4.69, 9.17) is 5.73 Å². The molecule has 6 nitrogen and oxygen atoms in total. The maximum absolute atomic E-state index is 6.18. The summed E-state index contributed by atoms with van der Waals surface area (Å²) in [5.41, 5.74) is 8.06. The van der Waals surface area contributed by atoms with E-state index >= 15 is 0 Å². The minimum absolute atomic E-state index is 0.0121. The summed E-state index contributed by atoms with van der Waals surface area (Å²) in [5, 5.41) is 11.5. The Kier molecular flexibility index (Phi) is 3.79. The molecular formula is C15H18N6. The molecule has 0 fully saturated rings. The van der Waals surface area contributed by atoms with Gasteiger partial charge in [-0.3, -0.25) is 4.40 Å². The molecule has 0 radical (unpaired) electrons. The average molecular weight is 282 g/mol. The first-order chi connectivity index (χ1) is 10.3. The van der Waals surface area contributed by atoms with Gasteiger partial charge in [0.1, 0.15) is 5.82 Å². The predicted octanol–water partition coefficient (Wildman–Crippen LogP) is 1.93. The first kappa shape index (κ1) is 13.5. The third-order valence-corrected chi connectivity index (χ3v) is 3.47. The number of nitrogens with two attached hydrogens (primary N) is 1. The van der Waals surface area contributed by atoms with Gasteiger partial charge in [-0.15, -0.1) is 10.2 Å². The summed E-state index contributed by atoms with van der Waals surface area (Å²) in [6.45, 7) is 2.64. The van der Waals surface area contributed by atoms with Crippen molar-refractivity contribution in [3.05, 3.63) is 54.1 Å². The van der Waals surface area contributed by atoms with Crippen LogP contribution in [0.3, 0.4) is 0 Å². The van der Waals surface area contributed by atoms with E-state index in [2.05, 4.69) is 20.5 Å². The van der Waals surface area contributed by atoms with E-state index in [1.165, 1.54) is 0 Å². The van der Waals surface area contributed by atoms with Crippen LogP contribution in [0.5, 0.6) is 0 Å². The lowest BCUT2D eigenvalue weighted by Gasteiger charge is -2.13. The minimum Gasteiger partial charge on any atom is -0.367 e. The monoisotopic (exact) mass is 282 g/mol. The molecular weight excluding hydrogens is 264 g/mol. The van der Waals surface area contributed by atoms with Crippen LogP contribution in [0.2, 0.25) is 0 Å². The second-order valence-corrected chi connectivity index (χ2v) is 4.95. The fourth-order valence-electron chi connectivity index (χ4n) is 2.28. The van der Waals surface area contributed by atoms with Gasteiger partial charge in [0.15, 0.2) is 5.82 Å². The fraction of sp³-hybridized carbons (Fsp3) is 0.267. The van der Waals surface area contributed by atoms with Crippen molar-refractivity contribution in [1.82, 2.24) is 19.6 Å². The maximum atomic E-state index is 6.18. The predicted molar refractivity (Wildman–Crippen MR) is 82.0 cm³/mol. The van der Waals surface area contributed by atoms with Crippen molar-refractivity contribution in [2.24, 2.45) is 5.73 Å². The highest BCUT2D eigenvalue weighted by Crippen LogP contribution is 2.15. The zero-order valence-electron chi connectivity index (χ0n) is 11.9. The molecule has 2 aromatic heterocycles. The van der Waals surface area contributed by atoms with Crippen molar-refractivity contribution in [2.45, 2.75) is 19.4 Å². The number of aromatic nitrogens is 4. The molecule has 0 aliphatic rings. The van der Waals surface area contributed by atoms with Gasteiger partial charge in [-0.25, -0.2) is 4.98 Å². The number of hydrogen-bond acceptors (Lipinski definition) is 5. The zero-order chi connectivity index (χ0) is 14.7. The van der Waals surface area contributed by atoms with Crippen LogP contribution in [0.25, 0.3) is 5.65 Å². The van der Waals surface area contributed by atoms with E-state index < -0.39 is 0 Å². The maximum Gasteiger partial charge on any atom is 0.203 e. The Morgan fingerprint density at radius 2 is 2.05 bits per heavy atom. The Hall–Kier alpha value is -2.47. The average Bonchev–Trinajstić information content (AvgIpc) is 2.91. The number of benzene rings is 1. The molecule has 3 rings (SSSR count). The van der Waals surface area contributed by atoms with Gasteiger partial charge in [0, 0.05) is 25.0 Å². The summed E-state index contributed by atoms with van der Waals surface area (Å²) in [7, 11) is 0. The number of rotatable bonds is 5. The first-order valence-electron chi connectivity index (χ1n) is 6.96. The van der Waals surface area contributed by atoms with Crippen molar-refractivity contribution in [1.29, 1.82) is 0 Å². The molecule has 2 heterocycles. The number of fused-ring (bicyclic) bond motifs is 1. The van der Waals surface area contributed by atoms with Crippen molar-refractivity contribution < 1.29 is 0 Å². The lowest BCUT2D eigenvalue weighted by Crippen LogP contribution is -2.16. The summed E-state index contributed by atoms with van der Waals surface area (Å²) in [6, 6.07) is 10.1. The van der Waals surface area contributed by atoms with Crippen LogP contribution in [0, 0.1) is 6.92 Å². The van der Waals surface area contributed by atoms with E-state index in [0.717, 1.165) is 35.8 Å². The van der Waals surface area contributed by atoms with Gasteiger partial charge < -0.3 is 11.1 Å². The molecule has 1 aromatic carbocycles. The molecule has 21 heavy (non-hydrogen) atoms. The van der Waals surface area contributed by atoms with Crippen LogP contribution < -0.4 is 11.1 Å². The Morgan fingerprint density at radius 3 is 2.86 bits per heavy atom. The van der Waals surface area contributed by atoms with Gasteiger partial charge in [-0.05, 0) is 18.9 Å². The fourth-order valence-corrected chi connectivity index (χ4v) is 2.28. The third kappa shape index (κ3) is 2.85. The molecule has 0 aliphatic carbocycles. The van der Waals surface area contributed by atoms with E-state index in [9.17, 15) is 0 Å². The Labute approximate surface area is 123 Å². The Morgan fingerprint density at radius 1 is 1.24 bits per heavy atom. The molecule has 0 amide bonds. The molecule has 3 N–H and O–H groups in total. The van der Waals surface area contributed by atoms with Gasteiger partial charge in [-0.2, -0.15) is 0 Å². The van der Waals surface area contributed by atoms with Crippen molar-refractivity contribution >= 4 is 11.5 Å². The highest BCUT2D eigenvalue weighted by molar-refractivity contribution is 5.61. The van der Waals surface area contributed by atoms with E-state index in [1.807, 2.05) is 47.9 Å². The highest BCUT2D eigenvalue weighted by atomic mass is 15.3. The molecule has 0 saturated heterocycles. The van der Waals surface area contributed by atoms with E-state index in [1.54, 1.807) is 6.20 Å². The van der Waals surface area contributed by atoms with Crippen molar-refractivity contribution in [2.75, 3.05) is 11.9 Å². The summed E-state index contributed by atoms with van der Waals surface area (Å²) in [5.74, 6) is 1.58. The molecule has 0 aliphatic heterocycles. The zero-order valence-corrected chi connectivity index (χ0v) is 11.9. The van der Waals surface area contributed by atoms with Crippen LogP contribution in [-0.4, -0.2) is 26.1 Å². The number of nitrogens with one attached hydrogen (secondary N) is 1. The molecule has 108 valence electrons. The SMILES string of the molecule is Cc1nnc2c(NCCC(N)c3ccccc3)nccn12. The normalized spacial score (nSPS) is 12.5. The molecule has 1 atom stereocenters. The number of anilines is 1. The Balaban J connectivity index is 1.65. The van der Waals surface area contributed by atoms with Gasteiger partial charge in [-0.1, -0.05) is 30.3 Å². The van der Waals surface area contributed by atoms with Crippen molar-refractivity contribution in [3.63, 3.8) is 0 Å². The van der Waals surface area contributed by atoms with Gasteiger partial charge in [0.25, 0.3) is 0 Å². The van der Waals surface area contributed by atoms with Crippen LogP contribution >= 0.6 is 0 Å². The quantitative estimate of drug-likeness (QED) is 0.747. The Bertz CT molecular complexity index is 721. The van der Waals surface area contributed by atoms with Crippen LogP contribution in [0.4, 0.5) is 5.82 Å². The highest BCUT2D eigenvalue weighted by Gasteiger charge is 2.09. The second kappa shape index (κ2) is 5.88. The van der Waals surface area contributed by atoms with Gasteiger partial charge in [0.2, 0.25) is 5.65 Å². The summed E-state index contributed by atoms with van der Waals surface area (Å²) in [4.78, 5) is 4.31. The van der Waals surface area contributed by atoms with E-state index in [-0.39, 0.29) is 6.04 Å². The van der Waals surface area contributed by atoms with Crippen LogP contribution in [-0.2, 0) is 0 Å². The number of nitrogens with zero attached hydrogens (tertiary/aromatic N) is 4. The molecule has 0 spiro atoms. The lowest BCUT2D eigenvalue weighted by atomic mass is 10.1. The summed E-state index contributed by atoms with van der Waals surface area (Å²) < 4.78 is 1.91. The molecule has 1 unspecified atom stereocenters. The second-order valence-electron chi connectivity index (χ2n) is 4.95. The topological polar surface area (TPSA) is 81.1 Å². The number of hydrogen-bond donors (Lipinski definition) is 2. The standard InChI is InChI=1S/C15H18N6/c1-11-19-20-15-14(18-9-10-21(11)15)17-8-7-13(16)12-5-3-2-4-6-12/h2-6,9-10,13H,7-8,16H2,1H3,(H,17,18). The summed E-state index contributed by atoms with van der Waals surface area (Å²) >= 11 is 0. The van der Waals surface area contributed by atoms with Gasteiger partial charge in [0.05, 0.1) is 0 Å². The molecule has 0 saturated carbocycles. The lowest BCUT2D eigenvalue weighted by molar-refractivity contribution is 0.674. The smallest absolute Gasteiger partial charge is 0.203 e. The number of aryl methyl sites for hydroxylation is 1. The van der Waals surface area contributed by atoms with Crippen LogP contribution in [0.1, 0.15) is 23.9 Å². The molecule has 6 heteroatoms. The van der Waals surface area contributed by atoms with Crippen molar-refractivity contribution in [3.8, 4) is 0 Å².